The first-order valence-electron chi connectivity index (χ1n) is 12.3. The summed E-state index contributed by atoms with van der Waals surface area (Å²) in [6.45, 7) is 10.3. The van der Waals surface area contributed by atoms with Crippen LogP contribution in [0.15, 0.2) is 48.5 Å². The maximum Gasteiger partial charge on any atom is 0.409 e. The largest absolute Gasteiger partial charge is 0.448 e. The van der Waals surface area contributed by atoms with Crippen LogP contribution in [0.5, 0.6) is 0 Å². The van der Waals surface area contributed by atoms with Gasteiger partial charge in [-0.1, -0.05) is 48.5 Å². The van der Waals surface area contributed by atoms with Crippen LogP contribution in [0.25, 0.3) is 11.1 Å². The molecule has 2 aliphatic rings. The van der Waals surface area contributed by atoms with Crippen LogP contribution in [0.3, 0.4) is 0 Å². The second-order valence-electron chi connectivity index (χ2n) is 9.50. The molecule has 1 aliphatic carbocycles. The lowest BCUT2D eigenvalue weighted by molar-refractivity contribution is 0.0976. The number of hydrogen-bond donors (Lipinski definition) is 1. The van der Waals surface area contributed by atoms with E-state index in [-0.39, 0.29) is 12.0 Å². The number of carbonyl (C=O) groups is 1. The van der Waals surface area contributed by atoms with Gasteiger partial charge in [0.1, 0.15) is 6.61 Å². The number of hydrogen-bond acceptors (Lipinski definition) is 4. The van der Waals surface area contributed by atoms with Crippen LogP contribution in [-0.4, -0.2) is 43.8 Å². The molecule has 35 heavy (non-hydrogen) atoms. The maximum atomic E-state index is 13.0. The van der Waals surface area contributed by atoms with Gasteiger partial charge in [0.2, 0.25) is 0 Å². The molecule has 1 heterocycles. The Balaban J connectivity index is 1.26. The van der Waals surface area contributed by atoms with Crippen molar-refractivity contribution in [3.63, 3.8) is 0 Å². The van der Waals surface area contributed by atoms with Gasteiger partial charge >= 0.3 is 6.09 Å². The van der Waals surface area contributed by atoms with Crippen molar-refractivity contribution in [1.29, 1.82) is 0 Å². The molecule has 0 radical (unpaired) electrons. The number of rotatable bonds is 4. The smallest absolute Gasteiger partial charge is 0.409 e. The summed E-state index contributed by atoms with van der Waals surface area (Å²) < 4.78 is 7.17. The van der Waals surface area contributed by atoms with Gasteiger partial charge in [-0.2, -0.15) is 0 Å². The maximum absolute atomic E-state index is 13.0. The zero-order valence-electron chi connectivity index (χ0n) is 20.6. The van der Waals surface area contributed by atoms with E-state index in [9.17, 15) is 4.79 Å². The van der Waals surface area contributed by atoms with Gasteiger partial charge in [0.25, 0.3) is 0 Å². The van der Waals surface area contributed by atoms with Gasteiger partial charge in [0.05, 0.1) is 0 Å². The molecule has 0 spiro atoms. The average molecular weight is 581 g/mol. The number of halogens is 1. The Bertz CT molecular complexity index is 1240. The molecule has 2 N–H and O–H groups in total. The van der Waals surface area contributed by atoms with Crippen molar-refractivity contribution in [3.05, 3.63) is 85.5 Å². The number of nitrogens with two attached hydrogens (primary N) is 1. The van der Waals surface area contributed by atoms with Crippen LogP contribution < -0.4 is 10.6 Å². The number of fused-ring (bicyclic) bond motifs is 3. The number of carbonyl (C=O) groups excluding carboxylic acids is 1. The normalized spacial score (nSPS) is 15.2. The van der Waals surface area contributed by atoms with Gasteiger partial charge in [-0.15, -0.1) is 0 Å². The Labute approximate surface area is 221 Å². The number of anilines is 1. The summed E-state index contributed by atoms with van der Waals surface area (Å²) >= 11 is 2.43. The van der Waals surface area contributed by atoms with Crippen molar-refractivity contribution in [3.8, 4) is 11.1 Å². The van der Waals surface area contributed by atoms with Crippen LogP contribution in [0, 0.1) is 24.3 Å². The first-order valence-corrected chi connectivity index (χ1v) is 13.3. The second kappa shape index (κ2) is 9.82. The predicted octanol–water partition coefficient (Wildman–Crippen LogP) is 5.75. The van der Waals surface area contributed by atoms with Crippen molar-refractivity contribution in [2.75, 3.05) is 37.7 Å². The van der Waals surface area contributed by atoms with Crippen molar-refractivity contribution < 1.29 is 9.53 Å². The molecule has 1 saturated heterocycles. The summed E-state index contributed by atoms with van der Waals surface area (Å²) in [5.74, 6) is 0.0854. The van der Waals surface area contributed by atoms with E-state index >= 15 is 0 Å². The van der Waals surface area contributed by atoms with Crippen LogP contribution in [0.4, 0.5) is 10.5 Å². The molecule has 182 valence electrons. The third-order valence-electron chi connectivity index (χ3n) is 7.67. The predicted molar refractivity (Wildman–Crippen MR) is 150 cm³/mol. The highest BCUT2D eigenvalue weighted by molar-refractivity contribution is 14.1. The SMILES string of the molecule is Cc1c(I)c(C)c(N2CCN(C(=O)OCC3c4ccccc4-c4ccccc43)CC2)c(C)c1CN. The Morgan fingerprint density at radius 2 is 1.49 bits per heavy atom. The molecule has 5 nitrogen and oxygen atoms in total. The number of nitrogens with zero attached hydrogens (tertiary/aromatic N) is 2. The van der Waals surface area contributed by atoms with Crippen molar-refractivity contribution in [2.45, 2.75) is 33.2 Å². The first kappa shape index (κ1) is 24.1. The van der Waals surface area contributed by atoms with Gasteiger partial charge in [0.15, 0.2) is 0 Å². The van der Waals surface area contributed by atoms with Gasteiger partial charge in [-0.05, 0) is 87.9 Å². The molecule has 0 aromatic heterocycles. The molecular weight excluding hydrogens is 549 g/mol. The van der Waals surface area contributed by atoms with E-state index < -0.39 is 0 Å². The van der Waals surface area contributed by atoms with Crippen LogP contribution in [0.2, 0.25) is 0 Å². The highest BCUT2D eigenvalue weighted by Crippen LogP contribution is 2.44. The molecule has 0 saturated carbocycles. The van der Waals surface area contributed by atoms with Gasteiger partial charge < -0.3 is 20.3 Å². The van der Waals surface area contributed by atoms with Gasteiger partial charge in [0, 0.05) is 47.9 Å². The molecule has 6 heteroatoms. The Kier molecular flexibility index (Phi) is 6.77. The van der Waals surface area contributed by atoms with Gasteiger partial charge in [-0.25, -0.2) is 4.79 Å². The number of benzene rings is 3. The van der Waals surface area contributed by atoms with E-state index in [1.165, 1.54) is 53.8 Å². The molecule has 3 aromatic rings. The highest BCUT2D eigenvalue weighted by Gasteiger charge is 2.31. The zero-order valence-corrected chi connectivity index (χ0v) is 22.8. The second-order valence-corrected chi connectivity index (χ2v) is 10.6. The van der Waals surface area contributed by atoms with Crippen molar-refractivity contribution in [1.82, 2.24) is 4.90 Å². The fraction of sp³-hybridized carbons (Fsp3) is 0.345. The minimum absolute atomic E-state index is 0.0854. The minimum atomic E-state index is -0.221. The first-order chi connectivity index (χ1) is 16.9. The lowest BCUT2D eigenvalue weighted by atomic mass is 9.96. The lowest BCUT2D eigenvalue weighted by Crippen LogP contribution is -2.49. The number of amides is 1. The highest BCUT2D eigenvalue weighted by atomic mass is 127. The molecule has 1 aliphatic heterocycles. The van der Waals surface area contributed by atoms with E-state index in [2.05, 4.69) is 96.8 Å². The van der Waals surface area contributed by atoms with Crippen LogP contribution >= 0.6 is 22.6 Å². The molecular formula is C29H32IN3O2. The third-order valence-corrected chi connectivity index (χ3v) is 9.29. The van der Waals surface area contributed by atoms with E-state index in [0.717, 1.165) is 13.1 Å². The zero-order chi connectivity index (χ0) is 24.7. The molecule has 5 rings (SSSR count). The fourth-order valence-electron chi connectivity index (χ4n) is 5.80. The Hall–Kier alpha value is -2.58. The van der Waals surface area contributed by atoms with E-state index in [4.69, 9.17) is 10.5 Å². The van der Waals surface area contributed by atoms with Crippen molar-refractivity contribution >= 4 is 34.4 Å². The Morgan fingerprint density at radius 1 is 0.914 bits per heavy atom. The quantitative estimate of drug-likeness (QED) is 0.399. The summed E-state index contributed by atoms with van der Waals surface area (Å²) in [6, 6.07) is 16.9. The van der Waals surface area contributed by atoms with Crippen LogP contribution in [-0.2, 0) is 11.3 Å². The summed E-state index contributed by atoms with van der Waals surface area (Å²) in [6.07, 6.45) is -0.221. The lowest BCUT2D eigenvalue weighted by Gasteiger charge is -2.38. The fourth-order valence-corrected chi connectivity index (χ4v) is 6.38. The third kappa shape index (κ3) is 4.20. The van der Waals surface area contributed by atoms with Crippen LogP contribution in [0.1, 0.15) is 39.3 Å². The van der Waals surface area contributed by atoms with E-state index in [0.29, 0.717) is 26.2 Å². The number of piperazine rings is 1. The molecule has 0 unspecified atom stereocenters. The van der Waals surface area contributed by atoms with Gasteiger partial charge in [-0.3, -0.25) is 0 Å². The summed E-state index contributed by atoms with van der Waals surface area (Å²) in [4.78, 5) is 17.3. The topological polar surface area (TPSA) is 58.8 Å². The number of ether oxygens (including phenoxy) is 1. The molecule has 0 atom stereocenters. The summed E-state index contributed by atoms with van der Waals surface area (Å²) in [5.41, 5.74) is 17.4. The van der Waals surface area contributed by atoms with E-state index in [1.54, 1.807) is 0 Å². The van der Waals surface area contributed by atoms with E-state index in [1.807, 2.05) is 4.90 Å². The van der Waals surface area contributed by atoms with Crippen molar-refractivity contribution in [2.24, 2.45) is 5.73 Å². The average Bonchev–Trinajstić information content (AvgIpc) is 3.20. The minimum Gasteiger partial charge on any atom is -0.448 e. The summed E-state index contributed by atoms with van der Waals surface area (Å²) in [5, 5.41) is 0. The Morgan fingerprint density at radius 3 is 2.06 bits per heavy atom. The molecule has 3 aromatic carbocycles. The molecule has 1 fully saturated rings. The molecule has 1 amide bonds. The molecule has 0 bridgehead atoms. The summed E-state index contributed by atoms with van der Waals surface area (Å²) in [7, 11) is 0. The monoisotopic (exact) mass is 581 g/mol. The standard InChI is InChI=1S/C29H32IN3O2/c1-18-25(16-31)19(2)28(20(3)27(18)30)32-12-14-33(15-13-32)29(34)35-17-26-23-10-6-4-8-21(23)22-9-5-7-11-24(22)26/h4-11,26H,12-17,31H2,1-3H3.